The lowest BCUT2D eigenvalue weighted by molar-refractivity contribution is -0.0384. The summed E-state index contributed by atoms with van der Waals surface area (Å²) in [6.07, 6.45) is 3.14. The smallest absolute Gasteiger partial charge is 0.345 e. The van der Waals surface area contributed by atoms with Gasteiger partial charge in [-0.1, -0.05) is 12.1 Å². The highest BCUT2D eigenvalue weighted by Gasteiger charge is 2.38. The summed E-state index contributed by atoms with van der Waals surface area (Å²) >= 11 is 0. The van der Waals surface area contributed by atoms with Crippen molar-refractivity contribution in [2.24, 2.45) is 0 Å². The number of nitrogens with zero attached hydrogens (tertiary/aromatic N) is 3. The van der Waals surface area contributed by atoms with E-state index in [0.29, 0.717) is 11.4 Å². The number of alkyl halides is 3. The number of hydrogen-bond donors (Lipinski definition) is 2. The zero-order valence-corrected chi connectivity index (χ0v) is 14.9. The van der Waals surface area contributed by atoms with Crippen LogP contribution in [0.1, 0.15) is 0 Å². The standard InChI is InChI=1S/C18H12F3N5OS/c19-18(20,21)28(27)13-3-1-2-12(9-13)25-17-22-7-6-14(26-17)11-4-5-15-16(8-11)24-10-23-15/h1-10H,(H,23,24)(H,22,25,26). The van der Waals surface area contributed by atoms with Gasteiger partial charge in [-0.2, -0.15) is 13.2 Å². The summed E-state index contributed by atoms with van der Waals surface area (Å²) in [7, 11) is -3.10. The molecule has 6 nitrogen and oxygen atoms in total. The molecule has 2 aromatic carbocycles. The largest absolute Gasteiger partial charge is 0.475 e. The van der Waals surface area contributed by atoms with Crippen molar-refractivity contribution in [3.63, 3.8) is 0 Å². The Hall–Kier alpha value is -3.27. The minimum absolute atomic E-state index is 0.206. The van der Waals surface area contributed by atoms with Gasteiger partial charge in [0.15, 0.2) is 10.8 Å². The lowest BCUT2D eigenvalue weighted by atomic mass is 10.1. The average Bonchev–Trinajstić information content (AvgIpc) is 3.15. The summed E-state index contributed by atoms with van der Waals surface area (Å²) in [5.41, 5.74) is -1.38. The van der Waals surface area contributed by atoms with Gasteiger partial charge in [0.25, 0.3) is 0 Å². The fourth-order valence-corrected chi connectivity index (χ4v) is 3.33. The first-order valence-corrected chi connectivity index (χ1v) is 9.17. The van der Waals surface area contributed by atoms with Crippen molar-refractivity contribution in [3.8, 4) is 11.3 Å². The molecule has 0 amide bonds. The molecule has 0 saturated heterocycles. The molecule has 1 unspecified atom stereocenters. The van der Waals surface area contributed by atoms with E-state index in [0.717, 1.165) is 28.7 Å². The summed E-state index contributed by atoms with van der Waals surface area (Å²) in [6.45, 7) is 0. The zero-order valence-electron chi connectivity index (χ0n) is 14.1. The van der Waals surface area contributed by atoms with E-state index in [-0.39, 0.29) is 10.8 Å². The lowest BCUT2D eigenvalue weighted by Crippen LogP contribution is -2.16. The number of aromatic amines is 1. The van der Waals surface area contributed by atoms with E-state index >= 15 is 0 Å². The molecule has 2 heterocycles. The predicted octanol–water partition coefficient (Wildman–Crippen LogP) is 4.39. The van der Waals surface area contributed by atoms with Crippen molar-refractivity contribution in [2.75, 3.05) is 5.32 Å². The molecule has 0 radical (unpaired) electrons. The molecule has 0 saturated carbocycles. The number of hydrogen-bond acceptors (Lipinski definition) is 5. The van der Waals surface area contributed by atoms with Crippen LogP contribution in [-0.2, 0) is 10.8 Å². The Bertz CT molecular complexity index is 1180. The molecule has 0 bridgehead atoms. The summed E-state index contributed by atoms with van der Waals surface area (Å²) in [4.78, 5) is 15.3. The predicted molar refractivity (Wildman–Crippen MR) is 99.3 cm³/mol. The minimum Gasteiger partial charge on any atom is -0.345 e. The van der Waals surface area contributed by atoms with E-state index in [1.807, 2.05) is 18.2 Å². The first-order chi connectivity index (χ1) is 13.4. The van der Waals surface area contributed by atoms with Gasteiger partial charge in [-0.3, -0.25) is 0 Å². The van der Waals surface area contributed by atoms with Crippen molar-refractivity contribution in [1.82, 2.24) is 19.9 Å². The van der Waals surface area contributed by atoms with E-state index < -0.39 is 16.3 Å². The Morgan fingerprint density at radius 2 is 1.89 bits per heavy atom. The number of benzene rings is 2. The van der Waals surface area contributed by atoms with Gasteiger partial charge >= 0.3 is 5.51 Å². The van der Waals surface area contributed by atoms with Crippen molar-refractivity contribution < 1.29 is 17.4 Å². The number of H-pyrrole nitrogens is 1. The van der Waals surface area contributed by atoms with Gasteiger partial charge in [0, 0.05) is 22.3 Å². The van der Waals surface area contributed by atoms with E-state index in [9.17, 15) is 17.4 Å². The number of imidazole rings is 1. The van der Waals surface area contributed by atoms with Crippen LogP contribution in [0.3, 0.4) is 0 Å². The number of nitrogens with one attached hydrogen (secondary N) is 2. The van der Waals surface area contributed by atoms with E-state index in [1.165, 1.54) is 6.07 Å². The lowest BCUT2D eigenvalue weighted by Gasteiger charge is -2.10. The van der Waals surface area contributed by atoms with Crippen LogP contribution in [0.5, 0.6) is 0 Å². The normalized spacial score (nSPS) is 12.8. The third-order valence-corrected chi connectivity index (χ3v) is 4.99. The average molecular weight is 403 g/mol. The summed E-state index contributed by atoms with van der Waals surface area (Å²) < 4.78 is 49.5. The third-order valence-electron chi connectivity index (χ3n) is 3.89. The molecule has 2 N–H and O–H groups in total. The molecular weight excluding hydrogens is 391 g/mol. The molecular formula is C18H12F3N5OS. The maximum absolute atomic E-state index is 12.7. The minimum atomic E-state index is -4.82. The van der Waals surface area contributed by atoms with Gasteiger partial charge in [0.05, 0.1) is 23.1 Å². The maximum atomic E-state index is 12.7. The molecule has 4 rings (SSSR count). The van der Waals surface area contributed by atoms with Crippen molar-refractivity contribution >= 4 is 33.5 Å². The monoisotopic (exact) mass is 403 g/mol. The Labute approximate surface area is 159 Å². The van der Waals surface area contributed by atoms with E-state index in [2.05, 4.69) is 25.3 Å². The molecule has 0 fully saturated rings. The fourth-order valence-electron chi connectivity index (χ4n) is 2.63. The SMILES string of the molecule is O=S(c1cccc(Nc2nccc(-c3ccc4nc[nH]c4c3)n2)c1)C(F)(F)F. The van der Waals surface area contributed by atoms with Gasteiger partial charge in [-0.05, 0) is 36.4 Å². The van der Waals surface area contributed by atoms with Gasteiger partial charge < -0.3 is 10.3 Å². The quantitative estimate of drug-likeness (QED) is 0.528. The van der Waals surface area contributed by atoms with Crippen molar-refractivity contribution in [1.29, 1.82) is 0 Å². The van der Waals surface area contributed by atoms with Crippen LogP contribution in [0.4, 0.5) is 24.8 Å². The molecule has 2 aromatic heterocycles. The van der Waals surface area contributed by atoms with Crippen LogP contribution in [0, 0.1) is 0 Å². The van der Waals surface area contributed by atoms with Crippen LogP contribution in [0.25, 0.3) is 22.3 Å². The Morgan fingerprint density at radius 1 is 1.04 bits per heavy atom. The van der Waals surface area contributed by atoms with E-state index in [4.69, 9.17) is 0 Å². The highest BCUT2D eigenvalue weighted by Crippen LogP contribution is 2.28. The van der Waals surface area contributed by atoms with Gasteiger partial charge in [-0.15, -0.1) is 0 Å². The Balaban J connectivity index is 1.61. The van der Waals surface area contributed by atoms with Gasteiger partial charge in [-0.25, -0.2) is 19.2 Å². The molecule has 28 heavy (non-hydrogen) atoms. The molecule has 0 aliphatic carbocycles. The first kappa shape index (κ1) is 18.1. The second-order valence-corrected chi connectivity index (χ2v) is 7.24. The summed E-state index contributed by atoms with van der Waals surface area (Å²) in [6, 6.07) is 12.6. The van der Waals surface area contributed by atoms with Crippen LogP contribution in [-0.4, -0.2) is 29.7 Å². The number of rotatable bonds is 4. The van der Waals surface area contributed by atoms with Gasteiger partial charge in [0.2, 0.25) is 5.95 Å². The van der Waals surface area contributed by atoms with Crippen LogP contribution in [0.15, 0.2) is 66.0 Å². The van der Waals surface area contributed by atoms with Crippen LogP contribution < -0.4 is 5.32 Å². The highest BCUT2D eigenvalue weighted by molar-refractivity contribution is 7.86. The molecule has 0 aliphatic rings. The van der Waals surface area contributed by atoms with Gasteiger partial charge in [0.1, 0.15) is 0 Å². The molecule has 10 heteroatoms. The third kappa shape index (κ3) is 3.72. The molecule has 0 spiro atoms. The van der Waals surface area contributed by atoms with E-state index in [1.54, 1.807) is 24.7 Å². The van der Waals surface area contributed by atoms with Crippen molar-refractivity contribution in [3.05, 3.63) is 61.1 Å². The number of aromatic nitrogens is 4. The summed E-state index contributed by atoms with van der Waals surface area (Å²) in [5, 5.41) is 2.85. The van der Waals surface area contributed by atoms with Crippen LogP contribution >= 0.6 is 0 Å². The second kappa shape index (κ2) is 7.04. The number of fused-ring (bicyclic) bond motifs is 1. The highest BCUT2D eigenvalue weighted by atomic mass is 32.2. The maximum Gasteiger partial charge on any atom is 0.475 e. The number of halogens is 3. The molecule has 1 atom stereocenters. The Morgan fingerprint density at radius 3 is 2.71 bits per heavy atom. The van der Waals surface area contributed by atoms with Crippen molar-refractivity contribution in [2.45, 2.75) is 10.4 Å². The summed E-state index contributed by atoms with van der Waals surface area (Å²) in [5.74, 6) is 0.206. The Kier molecular flexibility index (Phi) is 4.55. The molecule has 0 aliphatic heterocycles. The number of anilines is 2. The zero-order chi connectivity index (χ0) is 19.7. The first-order valence-electron chi connectivity index (χ1n) is 8.02. The second-order valence-electron chi connectivity index (χ2n) is 5.77. The fraction of sp³-hybridized carbons (Fsp3) is 0.0556. The topological polar surface area (TPSA) is 83.6 Å². The molecule has 4 aromatic rings. The molecule has 142 valence electrons. The van der Waals surface area contributed by atoms with Crippen LogP contribution in [0.2, 0.25) is 0 Å².